The lowest BCUT2D eigenvalue weighted by atomic mass is 9.71. The van der Waals surface area contributed by atoms with E-state index in [-0.39, 0.29) is 12.0 Å². The number of unbranched alkanes of at least 4 members (excludes halogenated alkanes) is 1. The zero-order valence-corrected chi connectivity index (χ0v) is 11.6. The van der Waals surface area contributed by atoms with Gasteiger partial charge < -0.3 is 5.11 Å². The Morgan fingerprint density at radius 2 is 1.74 bits per heavy atom. The number of aryl methyl sites for hydroxylation is 1. The van der Waals surface area contributed by atoms with Gasteiger partial charge in [0.05, 0.1) is 0 Å². The summed E-state index contributed by atoms with van der Waals surface area (Å²) in [6, 6.07) is 10.5. The van der Waals surface area contributed by atoms with Crippen LogP contribution in [-0.4, -0.2) is 17.5 Å². The predicted octanol–water partition coefficient (Wildman–Crippen LogP) is 3.52. The molecule has 104 valence electrons. The summed E-state index contributed by atoms with van der Waals surface area (Å²) in [6.07, 6.45) is 7.58. The molecule has 2 rings (SSSR count). The van der Waals surface area contributed by atoms with E-state index in [1.807, 2.05) is 6.07 Å². The molecule has 0 unspecified atom stereocenters. The first-order valence-corrected chi connectivity index (χ1v) is 7.41. The van der Waals surface area contributed by atoms with Crippen LogP contribution in [0.5, 0.6) is 0 Å². The number of benzene rings is 1. The maximum Gasteiger partial charge on any atom is 0.132 e. The third-order valence-corrected chi connectivity index (χ3v) is 4.47. The van der Waals surface area contributed by atoms with E-state index >= 15 is 0 Å². The lowest BCUT2D eigenvalue weighted by Gasteiger charge is -2.35. The second-order valence-corrected chi connectivity index (χ2v) is 5.89. The van der Waals surface area contributed by atoms with Gasteiger partial charge in [-0.3, -0.25) is 4.79 Å². The first kappa shape index (κ1) is 14.3. The maximum absolute atomic E-state index is 11.3. The van der Waals surface area contributed by atoms with Gasteiger partial charge >= 0.3 is 0 Å². The molecule has 1 fully saturated rings. The molecule has 1 aliphatic carbocycles. The van der Waals surface area contributed by atoms with Crippen molar-refractivity contribution in [2.45, 2.75) is 51.4 Å². The Morgan fingerprint density at radius 1 is 1.05 bits per heavy atom. The van der Waals surface area contributed by atoms with Crippen molar-refractivity contribution in [3.63, 3.8) is 0 Å². The van der Waals surface area contributed by atoms with E-state index in [2.05, 4.69) is 24.3 Å². The van der Waals surface area contributed by atoms with Crippen molar-refractivity contribution < 1.29 is 9.90 Å². The molecule has 1 aliphatic rings. The minimum atomic E-state index is 0.0323. The van der Waals surface area contributed by atoms with Crippen LogP contribution in [0.15, 0.2) is 30.3 Å². The number of hydrogen-bond donors (Lipinski definition) is 1. The van der Waals surface area contributed by atoms with Crippen LogP contribution in [0.25, 0.3) is 0 Å². The molecule has 2 nitrogen and oxygen atoms in total. The van der Waals surface area contributed by atoms with Crippen LogP contribution >= 0.6 is 0 Å². The van der Waals surface area contributed by atoms with Gasteiger partial charge in [-0.25, -0.2) is 0 Å². The second-order valence-electron chi connectivity index (χ2n) is 5.89. The number of carbonyl (C=O) groups is 1. The van der Waals surface area contributed by atoms with Gasteiger partial charge in [-0.15, -0.1) is 0 Å². The molecule has 0 atom stereocenters. The Kier molecular flexibility index (Phi) is 5.15. The van der Waals surface area contributed by atoms with E-state index in [0.717, 1.165) is 32.1 Å². The molecule has 0 amide bonds. The number of carbonyl (C=O) groups excluding carboxylic acids is 1. The van der Waals surface area contributed by atoms with E-state index in [4.69, 9.17) is 0 Å². The molecule has 0 bridgehead atoms. The van der Waals surface area contributed by atoms with E-state index in [1.165, 1.54) is 12.0 Å². The van der Waals surface area contributed by atoms with E-state index < -0.39 is 0 Å². The number of Topliss-reactive ketones (excluding diaryl/α,β-unsaturated/α-hetero) is 1. The lowest BCUT2D eigenvalue weighted by molar-refractivity contribution is -0.123. The van der Waals surface area contributed by atoms with Crippen molar-refractivity contribution in [2.24, 2.45) is 5.41 Å². The molecule has 0 aromatic heterocycles. The topological polar surface area (TPSA) is 37.3 Å². The van der Waals surface area contributed by atoms with Crippen molar-refractivity contribution >= 4 is 5.78 Å². The molecular formula is C17H24O2. The molecule has 0 saturated heterocycles. The number of ketones is 1. The summed E-state index contributed by atoms with van der Waals surface area (Å²) in [4.78, 5) is 11.3. The highest BCUT2D eigenvalue weighted by molar-refractivity contribution is 5.79. The summed E-state index contributed by atoms with van der Waals surface area (Å²) >= 11 is 0. The summed E-state index contributed by atoms with van der Waals surface area (Å²) in [7, 11) is 0. The van der Waals surface area contributed by atoms with Crippen LogP contribution in [0, 0.1) is 5.41 Å². The molecule has 1 aromatic carbocycles. The smallest absolute Gasteiger partial charge is 0.132 e. The van der Waals surface area contributed by atoms with Crippen LogP contribution in [0.1, 0.15) is 50.5 Å². The van der Waals surface area contributed by atoms with Crippen molar-refractivity contribution in [1.82, 2.24) is 0 Å². The fraction of sp³-hybridized carbons (Fsp3) is 0.588. The van der Waals surface area contributed by atoms with Gasteiger partial charge in [0, 0.05) is 19.4 Å². The Hall–Kier alpha value is -1.15. The molecular weight excluding hydrogens is 236 g/mol. The zero-order chi connectivity index (χ0) is 13.6. The zero-order valence-electron chi connectivity index (χ0n) is 11.6. The molecule has 2 heteroatoms. The number of rotatable bonds is 6. The quantitative estimate of drug-likeness (QED) is 0.795. The monoisotopic (exact) mass is 260 g/mol. The Balaban J connectivity index is 1.73. The first-order valence-electron chi connectivity index (χ1n) is 7.41. The third kappa shape index (κ3) is 4.17. The van der Waals surface area contributed by atoms with Gasteiger partial charge in [0.1, 0.15) is 5.78 Å². The third-order valence-electron chi connectivity index (χ3n) is 4.47. The highest BCUT2D eigenvalue weighted by atomic mass is 16.3. The van der Waals surface area contributed by atoms with Crippen molar-refractivity contribution in [1.29, 1.82) is 0 Å². The summed E-state index contributed by atoms with van der Waals surface area (Å²) in [6.45, 7) is 0.242. The molecule has 0 radical (unpaired) electrons. The van der Waals surface area contributed by atoms with Crippen LogP contribution in [-0.2, 0) is 11.2 Å². The summed E-state index contributed by atoms with van der Waals surface area (Å²) in [5.74, 6) is 0.369. The highest BCUT2D eigenvalue weighted by Gasteiger charge is 2.33. The van der Waals surface area contributed by atoms with E-state index in [0.29, 0.717) is 18.6 Å². The largest absolute Gasteiger partial charge is 0.396 e. The minimum Gasteiger partial charge on any atom is -0.396 e. The average Bonchev–Trinajstić information content (AvgIpc) is 2.47. The lowest BCUT2D eigenvalue weighted by Crippen LogP contribution is -2.31. The fourth-order valence-electron chi connectivity index (χ4n) is 3.02. The van der Waals surface area contributed by atoms with Crippen molar-refractivity contribution in [3.05, 3.63) is 35.9 Å². The van der Waals surface area contributed by atoms with Crippen LogP contribution in [0.3, 0.4) is 0 Å². The van der Waals surface area contributed by atoms with Crippen LogP contribution in [0.2, 0.25) is 0 Å². The van der Waals surface area contributed by atoms with Crippen LogP contribution < -0.4 is 0 Å². The Morgan fingerprint density at radius 3 is 2.37 bits per heavy atom. The average molecular weight is 260 g/mol. The summed E-state index contributed by atoms with van der Waals surface area (Å²) in [5, 5.41) is 9.63. The fourth-order valence-corrected chi connectivity index (χ4v) is 3.02. The number of aliphatic hydroxyl groups is 1. The molecule has 0 heterocycles. The van der Waals surface area contributed by atoms with Crippen molar-refractivity contribution in [2.75, 3.05) is 6.61 Å². The van der Waals surface area contributed by atoms with Gasteiger partial charge in [0.2, 0.25) is 0 Å². The van der Waals surface area contributed by atoms with Gasteiger partial charge in [0.15, 0.2) is 0 Å². The minimum absolute atomic E-state index is 0.0323. The van der Waals surface area contributed by atoms with Gasteiger partial charge in [0.25, 0.3) is 0 Å². The summed E-state index contributed by atoms with van der Waals surface area (Å²) < 4.78 is 0. The predicted molar refractivity (Wildman–Crippen MR) is 77.0 cm³/mol. The van der Waals surface area contributed by atoms with Crippen LogP contribution in [0.4, 0.5) is 0 Å². The normalized spacial score (nSPS) is 18.5. The second kappa shape index (κ2) is 6.85. The number of aliphatic hydroxyl groups excluding tert-OH is 1. The summed E-state index contributed by atoms with van der Waals surface area (Å²) in [5.41, 5.74) is 1.42. The molecule has 0 spiro atoms. The Bertz CT molecular complexity index is 387. The standard InChI is InChI=1S/C17H24O2/c18-14-17(12-9-16(19)10-13-17)11-5-4-8-15-6-2-1-3-7-15/h1-3,6-7,18H,4-5,8-14H2. The van der Waals surface area contributed by atoms with Gasteiger partial charge in [-0.1, -0.05) is 36.8 Å². The molecule has 0 aliphatic heterocycles. The maximum atomic E-state index is 11.3. The highest BCUT2D eigenvalue weighted by Crippen LogP contribution is 2.39. The van der Waals surface area contributed by atoms with E-state index in [9.17, 15) is 9.90 Å². The molecule has 1 aromatic rings. The van der Waals surface area contributed by atoms with Crippen molar-refractivity contribution in [3.8, 4) is 0 Å². The Labute approximate surface area is 115 Å². The first-order chi connectivity index (χ1) is 9.24. The molecule has 1 N–H and O–H groups in total. The number of hydrogen-bond acceptors (Lipinski definition) is 2. The van der Waals surface area contributed by atoms with Gasteiger partial charge in [-0.2, -0.15) is 0 Å². The van der Waals surface area contributed by atoms with E-state index in [1.54, 1.807) is 0 Å². The molecule has 19 heavy (non-hydrogen) atoms. The molecule has 1 saturated carbocycles. The van der Waals surface area contributed by atoms with Gasteiger partial charge in [-0.05, 0) is 43.1 Å². The SMILES string of the molecule is O=C1CCC(CO)(CCCCc2ccccc2)CC1.